The standard InChI is InChI=1S/C24H27ClN4O/c1-27(20-11-12-28(15-20)19-5-4-6-19)24(30)17-9-10-18(21(25)13-17)14-29-16-26-22-7-2-3-8-23(22)29/h2-3,7-10,13,16,19-20H,4-6,11-12,14-15H2,1H3. The Morgan fingerprint density at radius 2 is 2.03 bits per heavy atom. The van der Waals surface area contributed by atoms with E-state index >= 15 is 0 Å². The summed E-state index contributed by atoms with van der Waals surface area (Å²) < 4.78 is 2.08. The Morgan fingerprint density at radius 1 is 1.20 bits per heavy atom. The van der Waals surface area contributed by atoms with Crippen LogP contribution in [0.2, 0.25) is 5.02 Å². The van der Waals surface area contributed by atoms with Crippen LogP contribution in [0.3, 0.4) is 0 Å². The predicted molar refractivity (Wildman–Crippen MR) is 120 cm³/mol. The number of carbonyl (C=O) groups is 1. The summed E-state index contributed by atoms with van der Waals surface area (Å²) in [5.74, 6) is 0.0528. The summed E-state index contributed by atoms with van der Waals surface area (Å²) in [5.41, 5.74) is 3.68. The summed E-state index contributed by atoms with van der Waals surface area (Å²) in [5, 5.41) is 0.620. The molecule has 30 heavy (non-hydrogen) atoms. The number of aromatic nitrogens is 2. The number of hydrogen-bond acceptors (Lipinski definition) is 3. The lowest BCUT2D eigenvalue weighted by atomic mass is 9.92. The van der Waals surface area contributed by atoms with Gasteiger partial charge in [0.15, 0.2) is 0 Å². The normalized spacial score (nSPS) is 19.9. The van der Waals surface area contributed by atoms with Gasteiger partial charge in [0.1, 0.15) is 0 Å². The molecule has 2 aromatic carbocycles. The van der Waals surface area contributed by atoms with Gasteiger partial charge in [0.05, 0.1) is 23.9 Å². The van der Waals surface area contributed by atoms with E-state index in [4.69, 9.17) is 11.6 Å². The van der Waals surface area contributed by atoms with Crippen molar-refractivity contribution in [1.82, 2.24) is 19.4 Å². The molecule has 1 amide bonds. The zero-order valence-corrected chi connectivity index (χ0v) is 18.1. The topological polar surface area (TPSA) is 41.4 Å². The molecule has 0 radical (unpaired) electrons. The lowest BCUT2D eigenvalue weighted by Crippen LogP contribution is -2.43. The summed E-state index contributed by atoms with van der Waals surface area (Å²) >= 11 is 6.58. The summed E-state index contributed by atoms with van der Waals surface area (Å²) in [6, 6.07) is 14.8. The Hall–Kier alpha value is -2.37. The van der Waals surface area contributed by atoms with Gasteiger partial charge in [-0.1, -0.05) is 36.2 Å². The Labute approximate surface area is 182 Å². The number of benzene rings is 2. The van der Waals surface area contributed by atoms with Crippen molar-refractivity contribution in [2.24, 2.45) is 0 Å². The largest absolute Gasteiger partial charge is 0.337 e. The first-order chi connectivity index (χ1) is 14.6. The molecule has 1 saturated carbocycles. The number of imidazole rings is 1. The van der Waals surface area contributed by atoms with E-state index in [1.807, 2.05) is 54.7 Å². The first-order valence-corrected chi connectivity index (χ1v) is 11.2. The van der Waals surface area contributed by atoms with Crippen LogP contribution < -0.4 is 0 Å². The first kappa shape index (κ1) is 19.6. The second-order valence-electron chi connectivity index (χ2n) is 8.61. The number of rotatable bonds is 5. The highest BCUT2D eigenvalue weighted by molar-refractivity contribution is 6.31. The third-order valence-corrected chi connectivity index (χ3v) is 7.17. The van der Waals surface area contributed by atoms with Crippen LogP contribution in [-0.2, 0) is 6.54 Å². The number of halogens is 1. The van der Waals surface area contributed by atoms with Crippen molar-refractivity contribution in [3.63, 3.8) is 0 Å². The van der Waals surface area contributed by atoms with Crippen molar-refractivity contribution < 1.29 is 4.79 Å². The fraction of sp³-hybridized carbons (Fsp3) is 0.417. The molecule has 0 N–H and O–H groups in total. The zero-order valence-electron chi connectivity index (χ0n) is 17.3. The van der Waals surface area contributed by atoms with Crippen molar-refractivity contribution in [3.8, 4) is 0 Å². The molecular weight excluding hydrogens is 396 g/mol. The fourth-order valence-electron chi connectivity index (χ4n) is 4.67. The quantitative estimate of drug-likeness (QED) is 0.610. The smallest absolute Gasteiger partial charge is 0.253 e. The molecule has 5 nitrogen and oxygen atoms in total. The van der Waals surface area contributed by atoms with Crippen LogP contribution in [0, 0.1) is 0 Å². The maximum Gasteiger partial charge on any atom is 0.253 e. The van der Waals surface area contributed by atoms with Crippen molar-refractivity contribution in [1.29, 1.82) is 0 Å². The van der Waals surface area contributed by atoms with Gasteiger partial charge in [0.25, 0.3) is 5.91 Å². The van der Waals surface area contributed by atoms with Gasteiger partial charge >= 0.3 is 0 Å². The molecule has 1 atom stereocenters. The predicted octanol–water partition coefficient (Wildman–Crippen LogP) is 4.44. The maximum absolute atomic E-state index is 13.1. The van der Waals surface area contributed by atoms with E-state index in [-0.39, 0.29) is 11.9 Å². The van der Waals surface area contributed by atoms with Crippen LogP contribution in [0.1, 0.15) is 41.6 Å². The number of carbonyl (C=O) groups excluding carboxylic acids is 1. The number of likely N-dealkylation sites (tertiary alicyclic amines) is 1. The second kappa shape index (κ2) is 8.05. The van der Waals surface area contributed by atoms with Crippen LogP contribution in [-0.4, -0.2) is 57.5 Å². The van der Waals surface area contributed by atoms with Crippen LogP contribution in [0.5, 0.6) is 0 Å². The highest BCUT2D eigenvalue weighted by atomic mass is 35.5. The average Bonchev–Trinajstić information content (AvgIpc) is 3.35. The minimum atomic E-state index is 0.0528. The van der Waals surface area contributed by atoms with Crippen molar-refractivity contribution in [3.05, 3.63) is 64.9 Å². The van der Waals surface area contributed by atoms with E-state index in [1.165, 1.54) is 19.3 Å². The van der Waals surface area contributed by atoms with Crippen LogP contribution in [0.25, 0.3) is 11.0 Å². The first-order valence-electron chi connectivity index (χ1n) is 10.8. The Kier molecular flexibility index (Phi) is 5.25. The average molecular weight is 423 g/mol. The summed E-state index contributed by atoms with van der Waals surface area (Å²) in [6.07, 6.45) is 6.86. The molecule has 0 spiro atoms. The van der Waals surface area contributed by atoms with Gasteiger partial charge < -0.3 is 9.47 Å². The third kappa shape index (κ3) is 3.61. The number of para-hydroxylation sites is 2. The molecule has 1 aliphatic heterocycles. The zero-order chi connectivity index (χ0) is 20.7. The number of hydrogen-bond donors (Lipinski definition) is 0. The minimum absolute atomic E-state index is 0.0528. The van der Waals surface area contributed by atoms with Crippen molar-refractivity contribution >= 4 is 28.5 Å². The summed E-state index contributed by atoms with van der Waals surface area (Å²) in [4.78, 5) is 22.0. The highest BCUT2D eigenvalue weighted by Gasteiger charge is 2.34. The van der Waals surface area contributed by atoms with Crippen molar-refractivity contribution in [2.75, 3.05) is 20.1 Å². The van der Waals surface area contributed by atoms with Gasteiger partial charge in [-0.15, -0.1) is 0 Å². The van der Waals surface area contributed by atoms with E-state index < -0.39 is 0 Å². The van der Waals surface area contributed by atoms with Gasteiger partial charge in [0.2, 0.25) is 0 Å². The number of nitrogens with zero attached hydrogens (tertiary/aromatic N) is 4. The lowest BCUT2D eigenvalue weighted by molar-refractivity contribution is 0.0720. The lowest BCUT2D eigenvalue weighted by Gasteiger charge is -2.35. The second-order valence-corrected chi connectivity index (χ2v) is 9.01. The number of amides is 1. The molecule has 3 aromatic rings. The van der Waals surface area contributed by atoms with Gasteiger partial charge in [-0.25, -0.2) is 4.98 Å². The molecule has 1 aliphatic carbocycles. The molecule has 2 heterocycles. The molecule has 156 valence electrons. The molecular formula is C24H27ClN4O. The Bertz CT molecular complexity index is 1070. The van der Waals surface area contributed by atoms with Gasteiger partial charge in [-0.2, -0.15) is 0 Å². The van der Waals surface area contributed by atoms with E-state index in [0.29, 0.717) is 17.1 Å². The molecule has 2 fully saturated rings. The third-order valence-electron chi connectivity index (χ3n) is 6.82. The van der Waals surface area contributed by atoms with Gasteiger partial charge in [0, 0.05) is 42.8 Å². The Balaban J connectivity index is 1.28. The van der Waals surface area contributed by atoms with Crippen LogP contribution in [0.4, 0.5) is 0 Å². The molecule has 5 rings (SSSR count). The SMILES string of the molecule is CN(C(=O)c1ccc(Cn2cnc3ccccc32)c(Cl)c1)C1CCN(C2CCC2)C1. The van der Waals surface area contributed by atoms with Crippen LogP contribution in [0.15, 0.2) is 48.8 Å². The monoisotopic (exact) mass is 422 g/mol. The van der Waals surface area contributed by atoms with E-state index in [2.05, 4.69) is 20.5 Å². The summed E-state index contributed by atoms with van der Waals surface area (Å²) in [6.45, 7) is 2.72. The molecule has 0 bridgehead atoms. The number of fused-ring (bicyclic) bond motifs is 1. The number of likely N-dealkylation sites (N-methyl/N-ethyl adjacent to an activating group) is 1. The highest BCUT2D eigenvalue weighted by Crippen LogP contribution is 2.29. The van der Waals surface area contributed by atoms with E-state index in [1.54, 1.807) is 0 Å². The molecule has 1 unspecified atom stereocenters. The van der Waals surface area contributed by atoms with E-state index in [9.17, 15) is 4.79 Å². The van der Waals surface area contributed by atoms with Gasteiger partial charge in [-0.05, 0) is 49.1 Å². The fourth-order valence-corrected chi connectivity index (χ4v) is 4.91. The molecule has 6 heteroatoms. The molecule has 2 aliphatic rings. The minimum Gasteiger partial charge on any atom is -0.337 e. The van der Waals surface area contributed by atoms with Crippen LogP contribution >= 0.6 is 11.6 Å². The Morgan fingerprint density at radius 3 is 2.80 bits per heavy atom. The van der Waals surface area contributed by atoms with E-state index in [0.717, 1.165) is 42.1 Å². The molecule has 1 aromatic heterocycles. The summed E-state index contributed by atoms with van der Waals surface area (Å²) in [7, 11) is 1.93. The van der Waals surface area contributed by atoms with Gasteiger partial charge in [-0.3, -0.25) is 9.69 Å². The molecule has 1 saturated heterocycles. The maximum atomic E-state index is 13.1. The van der Waals surface area contributed by atoms with Crippen molar-refractivity contribution in [2.45, 2.75) is 44.3 Å².